The van der Waals surface area contributed by atoms with Gasteiger partial charge in [-0.15, -0.1) is 0 Å². The van der Waals surface area contributed by atoms with Crippen LogP contribution in [0.1, 0.15) is 17.3 Å². The van der Waals surface area contributed by atoms with Gasteiger partial charge >= 0.3 is 0 Å². The van der Waals surface area contributed by atoms with Crippen molar-refractivity contribution >= 4 is 5.78 Å². The summed E-state index contributed by atoms with van der Waals surface area (Å²) in [6.07, 6.45) is 3.41. The topological polar surface area (TPSA) is 55.1 Å². The smallest absolute Gasteiger partial charge is 0.163 e. The van der Waals surface area contributed by atoms with Crippen LogP contribution in [0.15, 0.2) is 36.7 Å². The number of carbonyl (C=O) groups excluding carboxylic acids is 1. The van der Waals surface area contributed by atoms with Gasteiger partial charge in [0.2, 0.25) is 0 Å². The predicted molar refractivity (Wildman–Crippen MR) is 55.2 cm³/mol. The molecule has 0 radical (unpaired) electrons. The van der Waals surface area contributed by atoms with Crippen LogP contribution in [0.4, 0.5) is 0 Å². The molecular formula is C11H10N2O2. The van der Waals surface area contributed by atoms with E-state index in [1.165, 1.54) is 13.0 Å². The zero-order valence-electron chi connectivity index (χ0n) is 8.21. The molecule has 1 aromatic heterocycles. The van der Waals surface area contributed by atoms with Crippen LogP contribution in [0.2, 0.25) is 0 Å². The van der Waals surface area contributed by atoms with Gasteiger partial charge in [-0.1, -0.05) is 0 Å². The maximum absolute atomic E-state index is 11.1. The summed E-state index contributed by atoms with van der Waals surface area (Å²) >= 11 is 0. The molecule has 0 saturated heterocycles. The molecule has 4 heteroatoms. The summed E-state index contributed by atoms with van der Waals surface area (Å²) in [5.74, 6) is -0.171. The van der Waals surface area contributed by atoms with Crippen LogP contribution in [0, 0.1) is 0 Å². The van der Waals surface area contributed by atoms with Gasteiger partial charge in [-0.25, -0.2) is 4.68 Å². The molecule has 0 aliphatic heterocycles. The molecule has 0 unspecified atom stereocenters. The molecule has 0 aliphatic carbocycles. The van der Waals surface area contributed by atoms with Crippen LogP contribution in [-0.2, 0) is 0 Å². The molecule has 76 valence electrons. The van der Waals surface area contributed by atoms with Crippen molar-refractivity contribution < 1.29 is 9.90 Å². The zero-order chi connectivity index (χ0) is 10.8. The summed E-state index contributed by atoms with van der Waals surface area (Å²) < 4.78 is 1.61. The van der Waals surface area contributed by atoms with E-state index in [9.17, 15) is 9.90 Å². The van der Waals surface area contributed by atoms with E-state index in [0.717, 1.165) is 5.69 Å². The number of carbonyl (C=O) groups is 1. The Bertz CT molecular complexity index is 489. The normalized spacial score (nSPS) is 10.2. The number of nitrogens with zero attached hydrogens (tertiary/aromatic N) is 2. The molecule has 0 saturated carbocycles. The summed E-state index contributed by atoms with van der Waals surface area (Å²) in [6, 6.07) is 6.64. The average Bonchev–Trinajstić information content (AvgIpc) is 2.69. The predicted octanol–water partition coefficient (Wildman–Crippen LogP) is 1.78. The third kappa shape index (κ3) is 1.74. The van der Waals surface area contributed by atoms with Crippen LogP contribution >= 0.6 is 0 Å². The van der Waals surface area contributed by atoms with E-state index in [0.29, 0.717) is 5.56 Å². The molecule has 1 heterocycles. The quantitative estimate of drug-likeness (QED) is 0.755. The lowest BCUT2D eigenvalue weighted by molar-refractivity contribution is 0.101. The number of aromatic nitrogens is 2. The van der Waals surface area contributed by atoms with Gasteiger partial charge in [-0.2, -0.15) is 5.10 Å². The first-order valence-corrected chi connectivity index (χ1v) is 4.52. The van der Waals surface area contributed by atoms with E-state index in [1.54, 1.807) is 35.3 Å². The number of phenols is 1. The first-order chi connectivity index (χ1) is 7.18. The van der Waals surface area contributed by atoms with Crippen LogP contribution < -0.4 is 0 Å². The van der Waals surface area contributed by atoms with Gasteiger partial charge in [0, 0.05) is 18.5 Å². The molecule has 0 amide bonds. The second-order valence-corrected chi connectivity index (χ2v) is 3.21. The molecule has 0 bridgehead atoms. The van der Waals surface area contributed by atoms with E-state index in [1.807, 2.05) is 0 Å². The van der Waals surface area contributed by atoms with E-state index in [2.05, 4.69) is 5.10 Å². The van der Waals surface area contributed by atoms with E-state index < -0.39 is 0 Å². The molecule has 0 aliphatic rings. The minimum atomic E-state index is -0.153. The SMILES string of the molecule is CC(=O)c1ccc(-n2cccn2)cc1O. The van der Waals surface area contributed by atoms with Crippen molar-refractivity contribution in [3.8, 4) is 11.4 Å². The zero-order valence-corrected chi connectivity index (χ0v) is 8.21. The summed E-state index contributed by atoms with van der Waals surface area (Å²) in [6.45, 7) is 1.42. The Balaban J connectivity index is 2.47. The van der Waals surface area contributed by atoms with Gasteiger partial charge in [-0.3, -0.25) is 4.79 Å². The van der Waals surface area contributed by atoms with Crippen molar-refractivity contribution in [3.05, 3.63) is 42.2 Å². The number of hydrogen-bond acceptors (Lipinski definition) is 3. The third-order valence-corrected chi connectivity index (χ3v) is 2.13. The monoisotopic (exact) mass is 202 g/mol. The lowest BCUT2D eigenvalue weighted by atomic mass is 10.1. The van der Waals surface area contributed by atoms with Crippen molar-refractivity contribution in [2.45, 2.75) is 6.92 Å². The van der Waals surface area contributed by atoms with Crippen molar-refractivity contribution in [2.75, 3.05) is 0 Å². The summed E-state index contributed by atoms with van der Waals surface area (Å²) in [7, 11) is 0. The highest BCUT2D eigenvalue weighted by molar-refractivity contribution is 5.96. The molecule has 0 fully saturated rings. The second kappa shape index (κ2) is 3.57. The van der Waals surface area contributed by atoms with Gasteiger partial charge in [-0.05, 0) is 25.1 Å². The van der Waals surface area contributed by atoms with Crippen molar-refractivity contribution in [3.63, 3.8) is 0 Å². The highest BCUT2D eigenvalue weighted by Gasteiger charge is 2.07. The molecule has 2 rings (SSSR count). The van der Waals surface area contributed by atoms with Crippen molar-refractivity contribution in [1.82, 2.24) is 9.78 Å². The Kier molecular flexibility index (Phi) is 2.25. The van der Waals surface area contributed by atoms with E-state index >= 15 is 0 Å². The van der Waals surface area contributed by atoms with Crippen LogP contribution in [0.3, 0.4) is 0 Å². The standard InChI is InChI=1S/C11H10N2O2/c1-8(14)10-4-3-9(7-11(10)15)13-6-2-5-12-13/h2-7,15H,1H3. The molecule has 0 spiro atoms. The molecule has 4 nitrogen and oxygen atoms in total. The van der Waals surface area contributed by atoms with Crippen LogP contribution in [-0.4, -0.2) is 20.7 Å². The number of hydrogen-bond donors (Lipinski definition) is 1. The maximum atomic E-state index is 11.1. The second-order valence-electron chi connectivity index (χ2n) is 3.21. The minimum Gasteiger partial charge on any atom is -0.507 e. The Morgan fingerprint density at radius 2 is 2.27 bits per heavy atom. The number of Topliss-reactive ketones (excluding diaryl/α,β-unsaturated/α-hetero) is 1. The van der Waals surface area contributed by atoms with Gasteiger partial charge in [0.25, 0.3) is 0 Å². The molecule has 15 heavy (non-hydrogen) atoms. The van der Waals surface area contributed by atoms with E-state index in [4.69, 9.17) is 0 Å². The molecule has 0 atom stereocenters. The summed E-state index contributed by atoms with van der Waals surface area (Å²) in [4.78, 5) is 11.1. The summed E-state index contributed by atoms with van der Waals surface area (Å²) in [5, 5.41) is 13.6. The Hall–Kier alpha value is -2.10. The Morgan fingerprint density at radius 3 is 2.80 bits per heavy atom. The van der Waals surface area contributed by atoms with E-state index in [-0.39, 0.29) is 11.5 Å². The highest BCUT2D eigenvalue weighted by atomic mass is 16.3. The maximum Gasteiger partial charge on any atom is 0.163 e. The number of ketones is 1. The molecule has 1 N–H and O–H groups in total. The Morgan fingerprint density at radius 1 is 1.47 bits per heavy atom. The minimum absolute atomic E-state index is 0.0181. The van der Waals surface area contributed by atoms with Gasteiger partial charge in [0.15, 0.2) is 5.78 Å². The number of rotatable bonds is 2. The highest BCUT2D eigenvalue weighted by Crippen LogP contribution is 2.21. The fraction of sp³-hybridized carbons (Fsp3) is 0.0909. The average molecular weight is 202 g/mol. The Labute approximate surface area is 86.8 Å². The third-order valence-electron chi connectivity index (χ3n) is 2.13. The fourth-order valence-corrected chi connectivity index (χ4v) is 1.38. The lowest BCUT2D eigenvalue weighted by Gasteiger charge is -2.04. The number of phenolic OH excluding ortho intramolecular Hbond substituents is 1. The van der Waals surface area contributed by atoms with Crippen molar-refractivity contribution in [2.24, 2.45) is 0 Å². The van der Waals surface area contributed by atoms with Crippen molar-refractivity contribution in [1.29, 1.82) is 0 Å². The van der Waals surface area contributed by atoms with Crippen LogP contribution in [0.25, 0.3) is 5.69 Å². The van der Waals surface area contributed by atoms with Gasteiger partial charge in [0.05, 0.1) is 11.3 Å². The number of aromatic hydroxyl groups is 1. The molecule has 1 aromatic carbocycles. The van der Waals surface area contributed by atoms with Crippen LogP contribution in [0.5, 0.6) is 5.75 Å². The largest absolute Gasteiger partial charge is 0.507 e. The lowest BCUT2D eigenvalue weighted by Crippen LogP contribution is -1.97. The van der Waals surface area contributed by atoms with Gasteiger partial charge < -0.3 is 5.11 Å². The summed E-state index contributed by atoms with van der Waals surface area (Å²) in [5.41, 5.74) is 1.05. The number of benzene rings is 1. The first kappa shape index (κ1) is 9.45. The molecule has 2 aromatic rings. The van der Waals surface area contributed by atoms with Gasteiger partial charge in [0.1, 0.15) is 5.75 Å². The molecular weight excluding hydrogens is 192 g/mol. The fourth-order valence-electron chi connectivity index (χ4n) is 1.38. The first-order valence-electron chi connectivity index (χ1n) is 4.52.